The molecule has 2 N–H and O–H groups in total. The van der Waals surface area contributed by atoms with Crippen molar-refractivity contribution in [3.63, 3.8) is 0 Å². The Morgan fingerprint density at radius 3 is 1.33 bits per heavy atom. The molecule has 0 amide bonds. The number of rotatable bonds is 0. The fraction of sp³-hybridized carbons (Fsp3) is 0.500. The first-order valence-electron chi connectivity index (χ1n) is 3.76. The van der Waals surface area contributed by atoms with E-state index < -0.39 is 11.9 Å². The highest BCUT2D eigenvalue weighted by atomic mass is 16.4. The summed E-state index contributed by atoms with van der Waals surface area (Å²) in [4.78, 5) is 18.2. The van der Waals surface area contributed by atoms with Gasteiger partial charge in [-0.25, -0.2) is 9.59 Å². The SMILES string of the molecule is C1=CCCCC1.O=C(O)C(=O)O. The Kier molecular flexibility index (Phi) is 5.69. The first-order valence-corrected chi connectivity index (χ1v) is 3.76. The second-order valence-electron chi connectivity index (χ2n) is 2.37. The van der Waals surface area contributed by atoms with Crippen LogP contribution in [0.15, 0.2) is 12.2 Å². The van der Waals surface area contributed by atoms with E-state index in [4.69, 9.17) is 19.8 Å². The van der Waals surface area contributed by atoms with Gasteiger partial charge in [-0.3, -0.25) is 0 Å². The van der Waals surface area contributed by atoms with E-state index in [0.717, 1.165) is 0 Å². The molecule has 0 aliphatic heterocycles. The van der Waals surface area contributed by atoms with Crippen LogP contribution in [0.25, 0.3) is 0 Å². The Morgan fingerprint density at radius 2 is 1.25 bits per heavy atom. The molecule has 0 saturated carbocycles. The van der Waals surface area contributed by atoms with Crippen LogP contribution in [-0.2, 0) is 9.59 Å². The van der Waals surface area contributed by atoms with Gasteiger partial charge in [-0.15, -0.1) is 0 Å². The number of hydrogen-bond acceptors (Lipinski definition) is 2. The molecule has 4 nitrogen and oxygen atoms in total. The second-order valence-corrected chi connectivity index (χ2v) is 2.37. The van der Waals surface area contributed by atoms with E-state index in [1.54, 1.807) is 0 Å². The second kappa shape index (κ2) is 6.39. The molecule has 0 unspecified atom stereocenters. The summed E-state index contributed by atoms with van der Waals surface area (Å²) in [6.07, 6.45) is 10.0. The molecule has 0 spiro atoms. The molecule has 1 aliphatic rings. The lowest BCUT2D eigenvalue weighted by atomic mass is 10.1. The highest BCUT2D eigenvalue weighted by Crippen LogP contribution is 2.07. The number of carboxylic acids is 2. The minimum Gasteiger partial charge on any atom is -0.473 e. The largest absolute Gasteiger partial charge is 0.473 e. The molecule has 4 heteroatoms. The average molecular weight is 172 g/mol. The lowest BCUT2D eigenvalue weighted by molar-refractivity contribution is -0.159. The third-order valence-corrected chi connectivity index (χ3v) is 1.34. The lowest BCUT2D eigenvalue weighted by Crippen LogP contribution is -2.09. The van der Waals surface area contributed by atoms with Gasteiger partial charge in [0.15, 0.2) is 0 Å². The van der Waals surface area contributed by atoms with Crippen LogP contribution in [0, 0.1) is 0 Å². The maximum absolute atomic E-state index is 9.10. The number of hydrogen-bond donors (Lipinski definition) is 2. The lowest BCUT2D eigenvalue weighted by Gasteiger charge is -1.97. The molecule has 0 aromatic carbocycles. The zero-order valence-electron chi connectivity index (χ0n) is 6.69. The first-order chi connectivity index (χ1) is 5.64. The summed E-state index contributed by atoms with van der Waals surface area (Å²) in [7, 11) is 0. The Morgan fingerprint density at radius 1 is 0.917 bits per heavy atom. The summed E-state index contributed by atoms with van der Waals surface area (Å²) in [6, 6.07) is 0. The van der Waals surface area contributed by atoms with Crippen LogP contribution in [0.1, 0.15) is 25.7 Å². The normalized spacial score (nSPS) is 14.3. The van der Waals surface area contributed by atoms with Crippen molar-refractivity contribution in [2.75, 3.05) is 0 Å². The molecule has 0 aromatic rings. The highest BCUT2D eigenvalue weighted by Gasteiger charge is 2.04. The van der Waals surface area contributed by atoms with E-state index in [0.29, 0.717) is 0 Å². The van der Waals surface area contributed by atoms with Crippen molar-refractivity contribution < 1.29 is 19.8 Å². The average Bonchev–Trinajstić information content (AvgIpc) is 2.08. The molecule has 0 fully saturated rings. The van der Waals surface area contributed by atoms with Gasteiger partial charge >= 0.3 is 11.9 Å². The van der Waals surface area contributed by atoms with Crippen LogP contribution in [0.4, 0.5) is 0 Å². The summed E-state index contributed by atoms with van der Waals surface area (Å²) in [5.41, 5.74) is 0. The summed E-state index contributed by atoms with van der Waals surface area (Å²) in [6.45, 7) is 0. The van der Waals surface area contributed by atoms with Gasteiger partial charge in [-0.1, -0.05) is 12.2 Å². The van der Waals surface area contributed by atoms with E-state index in [-0.39, 0.29) is 0 Å². The van der Waals surface area contributed by atoms with Crippen molar-refractivity contribution in [1.29, 1.82) is 0 Å². The highest BCUT2D eigenvalue weighted by molar-refractivity contribution is 6.27. The summed E-state index contributed by atoms with van der Waals surface area (Å²) >= 11 is 0. The number of aliphatic carboxylic acids is 2. The van der Waals surface area contributed by atoms with E-state index in [1.165, 1.54) is 25.7 Å². The smallest absolute Gasteiger partial charge is 0.414 e. The van der Waals surface area contributed by atoms with Crippen LogP contribution >= 0.6 is 0 Å². The third kappa shape index (κ3) is 6.80. The van der Waals surface area contributed by atoms with Crippen LogP contribution in [-0.4, -0.2) is 22.2 Å². The van der Waals surface area contributed by atoms with E-state index in [9.17, 15) is 0 Å². The van der Waals surface area contributed by atoms with Crippen LogP contribution in [0.3, 0.4) is 0 Å². The van der Waals surface area contributed by atoms with E-state index in [2.05, 4.69) is 12.2 Å². The molecule has 68 valence electrons. The topological polar surface area (TPSA) is 74.6 Å². The zero-order valence-corrected chi connectivity index (χ0v) is 6.69. The van der Waals surface area contributed by atoms with Crippen LogP contribution in [0.5, 0.6) is 0 Å². The molecule has 1 rings (SSSR count). The molecule has 0 atom stereocenters. The van der Waals surface area contributed by atoms with Crippen molar-refractivity contribution in [2.45, 2.75) is 25.7 Å². The van der Waals surface area contributed by atoms with E-state index in [1.807, 2.05) is 0 Å². The molecule has 0 radical (unpaired) electrons. The number of carbonyl (C=O) groups is 2. The quantitative estimate of drug-likeness (QED) is 0.426. The fourth-order valence-electron chi connectivity index (χ4n) is 0.760. The number of allylic oxidation sites excluding steroid dienone is 2. The van der Waals surface area contributed by atoms with Crippen molar-refractivity contribution in [3.05, 3.63) is 12.2 Å². The predicted octanol–water partition coefficient (Wildman–Crippen LogP) is 1.27. The zero-order chi connectivity index (χ0) is 9.40. The van der Waals surface area contributed by atoms with Gasteiger partial charge in [0, 0.05) is 0 Å². The Bertz CT molecular complexity index is 163. The molecule has 0 heterocycles. The van der Waals surface area contributed by atoms with Crippen LogP contribution < -0.4 is 0 Å². The molecular weight excluding hydrogens is 160 g/mol. The summed E-state index contributed by atoms with van der Waals surface area (Å²) in [5, 5.41) is 14.8. The third-order valence-electron chi connectivity index (χ3n) is 1.34. The van der Waals surface area contributed by atoms with Gasteiger partial charge in [-0.2, -0.15) is 0 Å². The first kappa shape index (κ1) is 10.7. The summed E-state index contributed by atoms with van der Waals surface area (Å²) in [5.74, 6) is -3.65. The molecule has 12 heavy (non-hydrogen) atoms. The van der Waals surface area contributed by atoms with Gasteiger partial charge in [-0.05, 0) is 25.7 Å². The monoisotopic (exact) mass is 172 g/mol. The minimum absolute atomic E-state index is 1.32. The Balaban J connectivity index is 0.000000202. The number of carboxylic acid groups (broad SMARTS) is 2. The maximum atomic E-state index is 9.10. The molecular formula is C8H12O4. The minimum atomic E-state index is -1.82. The molecule has 0 aromatic heterocycles. The van der Waals surface area contributed by atoms with Gasteiger partial charge in [0.05, 0.1) is 0 Å². The Labute approximate surface area is 70.5 Å². The van der Waals surface area contributed by atoms with Gasteiger partial charge in [0.2, 0.25) is 0 Å². The summed E-state index contributed by atoms with van der Waals surface area (Å²) < 4.78 is 0. The van der Waals surface area contributed by atoms with Gasteiger partial charge in [0.25, 0.3) is 0 Å². The maximum Gasteiger partial charge on any atom is 0.414 e. The standard InChI is InChI=1S/C6H10.C2H2O4/c1-2-4-6-5-3-1;3-1(4)2(5)6/h1-2H,3-6H2;(H,3,4)(H,5,6). The van der Waals surface area contributed by atoms with Gasteiger partial charge < -0.3 is 10.2 Å². The Hall–Kier alpha value is -1.32. The van der Waals surface area contributed by atoms with Crippen molar-refractivity contribution in [3.8, 4) is 0 Å². The van der Waals surface area contributed by atoms with Gasteiger partial charge in [0.1, 0.15) is 0 Å². The van der Waals surface area contributed by atoms with Crippen molar-refractivity contribution in [2.24, 2.45) is 0 Å². The molecule has 0 saturated heterocycles. The molecule has 1 aliphatic carbocycles. The van der Waals surface area contributed by atoms with E-state index >= 15 is 0 Å². The predicted molar refractivity (Wildman–Crippen MR) is 42.9 cm³/mol. The van der Waals surface area contributed by atoms with Crippen LogP contribution in [0.2, 0.25) is 0 Å². The van der Waals surface area contributed by atoms with Crippen molar-refractivity contribution in [1.82, 2.24) is 0 Å². The molecule has 0 bridgehead atoms. The van der Waals surface area contributed by atoms with Crippen molar-refractivity contribution >= 4 is 11.9 Å². The fourth-order valence-corrected chi connectivity index (χ4v) is 0.760.